The second-order valence-corrected chi connectivity index (χ2v) is 9.23. The average molecular weight is 531 g/mol. The van der Waals surface area contributed by atoms with Gasteiger partial charge in [-0.1, -0.05) is 24.3 Å². The van der Waals surface area contributed by atoms with Gasteiger partial charge in [-0.15, -0.1) is 0 Å². The number of hydrogen-bond acceptors (Lipinski definition) is 8. The molecule has 0 saturated heterocycles. The standard InChI is InChI=1S/C31H30O8/c1-35-22-10-6-18(7-11-22)4-5-19-14-26(37-3)31-27(15-19)38-30(21-16-24(32)28(34)25(33)17-21)29(39-31)20-8-12-23(36-2)13-9-20/h6-17,29-30,32-34H,4-5H2,1-3H3/t29-,30-/m1/s1. The van der Waals surface area contributed by atoms with Gasteiger partial charge in [0.25, 0.3) is 0 Å². The number of phenolic OH excluding ortho intramolecular Hbond substituents is 3. The van der Waals surface area contributed by atoms with Gasteiger partial charge < -0.3 is 39.0 Å². The molecule has 4 aromatic rings. The van der Waals surface area contributed by atoms with Gasteiger partial charge in [-0.2, -0.15) is 0 Å². The lowest BCUT2D eigenvalue weighted by Gasteiger charge is -2.35. The van der Waals surface area contributed by atoms with Crippen molar-refractivity contribution in [1.82, 2.24) is 0 Å². The first kappa shape index (κ1) is 25.9. The van der Waals surface area contributed by atoms with E-state index >= 15 is 0 Å². The van der Waals surface area contributed by atoms with Gasteiger partial charge in [-0.25, -0.2) is 0 Å². The van der Waals surface area contributed by atoms with Crippen molar-refractivity contribution in [1.29, 1.82) is 0 Å². The number of ether oxygens (including phenoxy) is 5. The molecule has 3 N–H and O–H groups in total. The van der Waals surface area contributed by atoms with Crippen molar-refractivity contribution in [3.05, 3.63) is 95.1 Å². The minimum atomic E-state index is -0.759. The van der Waals surface area contributed by atoms with Crippen molar-refractivity contribution >= 4 is 0 Å². The van der Waals surface area contributed by atoms with Crippen LogP contribution in [0.1, 0.15) is 34.5 Å². The number of aromatic hydroxyl groups is 3. The molecule has 0 radical (unpaired) electrons. The highest BCUT2D eigenvalue weighted by atomic mass is 16.6. The molecule has 8 nitrogen and oxygen atoms in total. The van der Waals surface area contributed by atoms with Crippen LogP contribution in [0, 0.1) is 0 Å². The maximum absolute atomic E-state index is 10.2. The molecule has 0 bridgehead atoms. The highest BCUT2D eigenvalue weighted by Crippen LogP contribution is 2.52. The van der Waals surface area contributed by atoms with Crippen LogP contribution in [0.2, 0.25) is 0 Å². The number of methoxy groups -OCH3 is 3. The van der Waals surface area contributed by atoms with Crippen LogP contribution < -0.4 is 23.7 Å². The Morgan fingerprint density at radius 3 is 1.77 bits per heavy atom. The van der Waals surface area contributed by atoms with Gasteiger partial charge in [0.1, 0.15) is 11.5 Å². The highest BCUT2D eigenvalue weighted by Gasteiger charge is 2.37. The molecule has 0 aromatic heterocycles. The van der Waals surface area contributed by atoms with Crippen molar-refractivity contribution in [3.8, 4) is 46.0 Å². The molecule has 0 spiro atoms. The summed E-state index contributed by atoms with van der Waals surface area (Å²) in [6.45, 7) is 0. The zero-order chi connectivity index (χ0) is 27.5. The second kappa shape index (κ2) is 10.9. The normalized spacial score (nSPS) is 16.0. The van der Waals surface area contributed by atoms with E-state index in [2.05, 4.69) is 0 Å². The van der Waals surface area contributed by atoms with Gasteiger partial charge >= 0.3 is 0 Å². The van der Waals surface area contributed by atoms with E-state index in [4.69, 9.17) is 23.7 Å². The fourth-order valence-electron chi connectivity index (χ4n) is 4.67. The largest absolute Gasteiger partial charge is 0.504 e. The highest BCUT2D eigenvalue weighted by molar-refractivity contribution is 5.57. The number of hydrogen-bond donors (Lipinski definition) is 3. The molecule has 0 aliphatic carbocycles. The fourth-order valence-corrected chi connectivity index (χ4v) is 4.67. The summed E-state index contributed by atoms with van der Waals surface area (Å²) in [7, 11) is 4.81. The van der Waals surface area contributed by atoms with Gasteiger partial charge in [0.15, 0.2) is 41.0 Å². The molecule has 1 aliphatic heterocycles. The van der Waals surface area contributed by atoms with Gasteiger partial charge in [0.05, 0.1) is 21.3 Å². The third-order valence-corrected chi connectivity index (χ3v) is 6.80. The monoisotopic (exact) mass is 530 g/mol. The molecule has 4 aromatic carbocycles. The smallest absolute Gasteiger partial charge is 0.204 e. The Morgan fingerprint density at radius 1 is 0.615 bits per heavy atom. The molecular formula is C31H30O8. The Morgan fingerprint density at radius 2 is 1.18 bits per heavy atom. The lowest BCUT2D eigenvalue weighted by Crippen LogP contribution is -2.27. The molecule has 39 heavy (non-hydrogen) atoms. The summed E-state index contributed by atoms with van der Waals surface area (Å²) in [6.07, 6.45) is 0.104. The molecule has 0 amide bonds. The molecule has 0 unspecified atom stereocenters. The third-order valence-electron chi connectivity index (χ3n) is 6.80. The van der Waals surface area contributed by atoms with Crippen LogP contribution in [0.3, 0.4) is 0 Å². The first-order valence-electron chi connectivity index (χ1n) is 12.5. The van der Waals surface area contributed by atoms with Gasteiger partial charge in [-0.05, 0) is 78.1 Å². The summed E-state index contributed by atoms with van der Waals surface area (Å²) in [6, 6.07) is 21.9. The summed E-state index contributed by atoms with van der Waals surface area (Å²) in [5, 5.41) is 30.3. The van der Waals surface area contributed by atoms with E-state index in [-0.39, 0.29) is 0 Å². The Kier molecular flexibility index (Phi) is 7.27. The molecule has 202 valence electrons. The molecule has 5 rings (SSSR count). The van der Waals surface area contributed by atoms with Crippen LogP contribution in [0.25, 0.3) is 0 Å². The Balaban J connectivity index is 1.51. The second-order valence-electron chi connectivity index (χ2n) is 9.23. The number of fused-ring (bicyclic) bond motifs is 1. The summed E-state index contributed by atoms with van der Waals surface area (Å²) in [5.74, 6) is 1.44. The van der Waals surface area contributed by atoms with E-state index in [1.165, 1.54) is 12.1 Å². The van der Waals surface area contributed by atoms with Gasteiger partial charge in [0.2, 0.25) is 5.75 Å². The summed E-state index contributed by atoms with van der Waals surface area (Å²) in [4.78, 5) is 0. The Bertz CT molecular complexity index is 1420. The van der Waals surface area contributed by atoms with Crippen LogP contribution in [0.5, 0.6) is 46.0 Å². The van der Waals surface area contributed by atoms with E-state index in [1.807, 2.05) is 60.7 Å². The molecule has 8 heteroatoms. The minimum Gasteiger partial charge on any atom is -0.504 e. The predicted octanol–water partition coefficient (Wildman–Crippen LogP) is 5.87. The molecule has 0 saturated carbocycles. The Labute approximate surface area is 226 Å². The van der Waals surface area contributed by atoms with Crippen LogP contribution in [0.4, 0.5) is 0 Å². The van der Waals surface area contributed by atoms with Crippen molar-refractivity contribution < 1.29 is 39.0 Å². The van der Waals surface area contributed by atoms with E-state index in [1.54, 1.807) is 21.3 Å². The first-order valence-corrected chi connectivity index (χ1v) is 12.5. The quantitative estimate of drug-likeness (QED) is 0.243. The minimum absolute atomic E-state index is 0.428. The predicted molar refractivity (Wildman–Crippen MR) is 145 cm³/mol. The fraction of sp³-hybridized carbons (Fsp3) is 0.226. The number of aryl methyl sites for hydroxylation is 2. The zero-order valence-corrected chi connectivity index (χ0v) is 21.9. The average Bonchev–Trinajstić information content (AvgIpc) is 2.97. The zero-order valence-electron chi connectivity index (χ0n) is 21.9. The van der Waals surface area contributed by atoms with E-state index in [0.717, 1.165) is 35.3 Å². The third kappa shape index (κ3) is 5.31. The van der Waals surface area contributed by atoms with Crippen molar-refractivity contribution in [2.24, 2.45) is 0 Å². The molecule has 1 aliphatic rings. The Hall–Kier alpha value is -4.72. The van der Waals surface area contributed by atoms with Crippen molar-refractivity contribution in [3.63, 3.8) is 0 Å². The lowest BCUT2D eigenvalue weighted by atomic mass is 9.95. The maximum atomic E-state index is 10.2. The van der Waals surface area contributed by atoms with E-state index in [0.29, 0.717) is 28.6 Å². The SMILES string of the molecule is COc1ccc(CCc2cc(OC)c3c(c2)O[C@H](c2cc(O)c(O)c(O)c2)[C@@H](c2ccc(OC)cc2)O3)cc1. The van der Waals surface area contributed by atoms with Crippen LogP contribution >= 0.6 is 0 Å². The lowest BCUT2D eigenvalue weighted by molar-refractivity contribution is 0.0156. The molecule has 0 fully saturated rings. The summed E-state index contributed by atoms with van der Waals surface area (Å²) >= 11 is 0. The summed E-state index contributed by atoms with van der Waals surface area (Å²) < 4.78 is 29.2. The van der Waals surface area contributed by atoms with E-state index < -0.39 is 29.5 Å². The molecule has 2 atom stereocenters. The molecular weight excluding hydrogens is 500 g/mol. The van der Waals surface area contributed by atoms with Crippen LogP contribution in [0.15, 0.2) is 72.8 Å². The number of benzene rings is 4. The summed E-state index contributed by atoms with van der Waals surface area (Å²) in [5.41, 5.74) is 3.36. The first-order chi connectivity index (χ1) is 18.9. The van der Waals surface area contributed by atoms with Gasteiger partial charge in [-0.3, -0.25) is 0 Å². The van der Waals surface area contributed by atoms with Crippen LogP contribution in [-0.4, -0.2) is 36.6 Å². The molecule has 1 heterocycles. The van der Waals surface area contributed by atoms with Crippen molar-refractivity contribution in [2.75, 3.05) is 21.3 Å². The maximum Gasteiger partial charge on any atom is 0.204 e. The van der Waals surface area contributed by atoms with Crippen LogP contribution in [-0.2, 0) is 12.8 Å². The topological polar surface area (TPSA) is 107 Å². The van der Waals surface area contributed by atoms with E-state index in [9.17, 15) is 15.3 Å². The van der Waals surface area contributed by atoms with Gasteiger partial charge in [0, 0.05) is 5.56 Å². The van der Waals surface area contributed by atoms with Crippen molar-refractivity contribution in [2.45, 2.75) is 25.0 Å². The number of phenols is 3. The number of rotatable bonds is 8.